The first-order valence-electron chi connectivity index (χ1n) is 12.3. The summed E-state index contributed by atoms with van der Waals surface area (Å²) in [4.78, 5) is 2.37. The van der Waals surface area contributed by atoms with Crippen molar-refractivity contribution < 1.29 is 16.3 Å². The van der Waals surface area contributed by atoms with E-state index >= 15 is 0 Å². The second kappa shape index (κ2) is 11.1. The lowest BCUT2D eigenvalue weighted by Gasteiger charge is -2.26. The number of piperidine rings is 1. The van der Waals surface area contributed by atoms with Crippen LogP contribution in [0.2, 0.25) is 0 Å². The fraction of sp³-hybridized carbons (Fsp3) is 0.310. The summed E-state index contributed by atoms with van der Waals surface area (Å²) in [6.45, 7) is 5.61. The van der Waals surface area contributed by atoms with Gasteiger partial charge in [0.15, 0.2) is 0 Å². The molecule has 172 valence electrons. The van der Waals surface area contributed by atoms with E-state index < -0.39 is 0 Å². The largest absolute Gasteiger partial charge is 0.508 e. The number of aromatic hydroxyl groups is 2. The van der Waals surface area contributed by atoms with E-state index in [-0.39, 0.29) is 17.9 Å². The van der Waals surface area contributed by atoms with Gasteiger partial charge in [-0.15, -0.1) is 0 Å². The highest BCUT2D eigenvalue weighted by molar-refractivity contribution is 5.98. The van der Waals surface area contributed by atoms with E-state index in [1.165, 1.54) is 0 Å². The highest BCUT2D eigenvalue weighted by Gasteiger charge is 2.14. The highest BCUT2D eigenvalue weighted by atomic mass is 16.5. The molecule has 1 aliphatic heterocycles. The first-order chi connectivity index (χ1) is 16.5. The molecule has 0 amide bonds. The Morgan fingerprint density at radius 1 is 0.818 bits per heavy atom. The quantitative estimate of drug-likeness (QED) is 0.399. The Morgan fingerprint density at radius 3 is 1.88 bits per heavy atom. The van der Waals surface area contributed by atoms with Crippen molar-refractivity contribution in [2.24, 2.45) is 0 Å². The van der Waals surface area contributed by atoms with Crippen molar-refractivity contribution in [2.75, 3.05) is 26.2 Å². The second-order valence-electron chi connectivity index (χ2n) is 8.38. The van der Waals surface area contributed by atoms with Gasteiger partial charge in [-0.1, -0.05) is 49.7 Å². The summed E-state index contributed by atoms with van der Waals surface area (Å²) in [5.74, 6) is 1.32. The van der Waals surface area contributed by atoms with E-state index in [4.69, 9.17) is 6.11 Å². The van der Waals surface area contributed by atoms with Gasteiger partial charge in [-0.2, -0.15) is 0 Å². The van der Waals surface area contributed by atoms with Crippen LogP contribution in [-0.2, 0) is 0 Å². The van der Waals surface area contributed by atoms with Gasteiger partial charge in [0, 0.05) is 7.92 Å². The number of benzene rings is 3. The monoisotopic (exact) mass is 444 g/mol. The molecule has 0 radical (unpaired) electrons. The average molecular weight is 445 g/mol. The Labute approximate surface area is 198 Å². The maximum Gasteiger partial charge on any atom is 0.119 e. The summed E-state index contributed by atoms with van der Waals surface area (Å²) < 4.78 is 13.8. The first-order valence-corrected chi connectivity index (χ1v) is 11.7. The van der Waals surface area contributed by atoms with Gasteiger partial charge in [0.2, 0.25) is 0 Å². The van der Waals surface area contributed by atoms with Crippen molar-refractivity contribution in [1.29, 1.82) is 0 Å². The van der Waals surface area contributed by atoms with Crippen LogP contribution in [0, 0.1) is 0 Å². The molecule has 0 saturated carbocycles. The number of allylic oxidation sites excluding steroid dienone is 1. The van der Waals surface area contributed by atoms with Crippen molar-refractivity contribution in [2.45, 2.75) is 32.6 Å². The summed E-state index contributed by atoms with van der Waals surface area (Å²) in [5, 5.41) is 19.5. The molecule has 4 heteroatoms. The van der Waals surface area contributed by atoms with E-state index in [1.54, 1.807) is 24.3 Å². The Hall–Kier alpha value is -3.24. The number of hydrogen-bond donors (Lipinski definition) is 2. The number of likely N-dealkylation sites (tertiary alicyclic amines) is 1. The summed E-state index contributed by atoms with van der Waals surface area (Å²) in [6, 6.07) is 22.8. The molecular formula is C29H33NO3. The molecular weight excluding hydrogens is 410 g/mol. The van der Waals surface area contributed by atoms with E-state index in [0.29, 0.717) is 6.61 Å². The Kier molecular flexibility index (Phi) is 7.24. The van der Waals surface area contributed by atoms with Gasteiger partial charge in [0.05, 0.1) is 0 Å². The van der Waals surface area contributed by atoms with Crippen molar-refractivity contribution in [3.05, 3.63) is 89.5 Å². The molecule has 2 N–H and O–H groups in total. The lowest BCUT2D eigenvalue weighted by molar-refractivity contribution is 0.183. The van der Waals surface area contributed by atoms with Crippen LogP contribution in [0.25, 0.3) is 11.1 Å². The normalized spacial score (nSPS) is 16.2. The van der Waals surface area contributed by atoms with Crippen molar-refractivity contribution in [3.63, 3.8) is 0 Å². The Morgan fingerprint density at radius 2 is 1.33 bits per heavy atom. The standard InChI is InChI=1S/C29H33NO3/c1-2-28(22-6-12-25(31)13-7-22)29(23-8-14-26(32)15-9-23)24-10-16-27(17-11-24)33-21-20-30-18-4-3-5-19-30/h6-17,31-32H,2-5,18-21H2,1H3/i3D. The predicted molar refractivity (Wildman–Crippen MR) is 135 cm³/mol. The third-order valence-corrected chi connectivity index (χ3v) is 6.15. The summed E-state index contributed by atoms with van der Waals surface area (Å²) in [5.41, 5.74) is 5.41. The zero-order valence-electron chi connectivity index (χ0n) is 20.2. The molecule has 4 rings (SSSR count). The molecule has 3 aromatic rings. The maximum atomic E-state index is 9.81. The van der Waals surface area contributed by atoms with E-state index in [9.17, 15) is 10.2 Å². The molecule has 0 atom stereocenters. The third-order valence-electron chi connectivity index (χ3n) is 6.15. The molecule has 0 aromatic heterocycles. The number of ether oxygens (including phenoxy) is 1. The molecule has 1 fully saturated rings. The van der Waals surface area contributed by atoms with Crippen molar-refractivity contribution in [3.8, 4) is 17.2 Å². The van der Waals surface area contributed by atoms with Gasteiger partial charge >= 0.3 is 0 Å². The van der Waals surface area contributed by atoms with Gasteiger partial charge in [-0.25, -0.2) is 0 Å². The average Bonchev–Trinajstić information content (AvgIpc) is 2.86. The number of phenols is 2. The van der Waals surface area contributed by atoms with Crippen molar-refractivity contribution in [1.82, 2.24) is 4.90 Å². The smallest absolute Gasteiger partial charge is 0.119 e. The minimum Gasteiger partial charge on any atom is -0.508 e. The van der Waals surface area contributed by atoms with Crippen LogP contribution < -0.4 is 4.74 Å². The second-order valence-corrected chi connectivity index (χ2v) is 8.38. The lowest BCUT2D eigenvalue weighted by Crippen LogP contribution is -2.33. The zero-order valence-corrected chi connectivity index (χ0v) is 19.2. The van der Waals surface area contributed by atoms with Gasteiger partial charge in [0.25, 0.3) is 0 Å². The number of rotatable bonds is 8. The van der Waals surface area contributed by atoms with Gasteiger partial charge in [-0.05, 0) is 96.6 Å². The minimum absolute atomic E-state index is 0.0927. The number of phenolic OH excluding ortho intramolecular Hbond substituents is 2. The summed E-state index contributed by atoms with van der Waals surface area (Å²) in [7, 11) is 0. The van der Waals surface area contributed by atoms with Crippen LogP contribution >= 0.6 is 0 Å². The van der Waals surface area contributed by atoms with E-state index in [2.05, 4.69) is 24.0 Å². The Balaban J connectivity index is 1.56. The molecule has 1 saturated heterocycles. The third kappa shape index (κ3) is 5.96. The number of nitrogens with zero attached hydrogens (tertiary/aromatic N) is 1. The molecule has 0 unspecified atom stereocenters. The van der Waals surface area contributed by atoms with Gasteiger partial charge in [0.1, 0.15) is 23.9 Å². The molecule has 33 heavy (non-hydrogen) atoms. The fourth-order valence-electron chi connectivity index (χ4n) is 4.37. The van der Waals surface area contributed by atoms with Gasteiger partial charge in [-0.3, -0.25) is 4.90 Å². The topological polar surface area (TPSA) is 52.9 Å². The SMILES string of the molecule is [2H]C1CCN(CCOc2ccc(C(=C(CC)c3ccc(O)cc3)c3ccc(O)cc3)cc2)CC1. The van der Waals surface area contributed by atoms with Crippen LogP contribution in [0.4, 0.5) is 0 Å². The maximum absolute atomic E-state index is 9.81. The number of hydrogen-bond acceptors (Lipinski definition) is 4. The lowest BCUT2D eigenvalue weighted by atomic mass is 9.88. The van der Waals surface area contributed by atoms with E-state index in [1.807, 2.05) is 36.4 Å². The van der Waals surface area contributed by atoms with Crippen LogP contribution in [-0.4, -0.2) is 41.4 Å². The Bertz CT molecular complexity index is 1080. The zero-order chi connectivity index (χ0) is 23.9. The van der Waals surface area contributed by atoms with E-state index in [0.717, 1.165) is 72.5 Å². The van der Waals surface area contributed by atoms with Crippen molar-refractivity contribution >= 4 is 11.1 Å². The first kappa shape index (κ1) is 21.6. The highest BCUT2D eigenvalue weighted by Crippen LogP contribution is 2.36. The predicted octanol–water partition coefficient (Wildman–Crippen LogP) is 6.33. The van der Waals surface area contributed by atoms with Crippen LogP contribution in [0.1, 0.15) is 50.6 Å². The molecule has 3 aromatic carbocycles. The molecule has 1 aliphatic rings. The molecule has 0 bridgehead atoms. The molecule has 0 aliphatic carbocycles. The molecule has 4 nitrogen and oxygen atoms in total. The molecule has 0 spiro atoms. The fourth-order valence-corrected chi connectivity index (χ4v) is 4.37. The van der Waals surface area contributed by atoms with Crippen LogP contribution in [0.3, 0.4) is 0 Å². The summed E-state index contributed by atoms with van der Waals surface area (Å²) >= 11 is 0. The van der Waals surface area contributed by atoms with Crippen LogP contribution in [0.15, 0.2) is 72.8 Å². The van der Waals surface area contributed by atoms with Crippen LogP contribution in [0.5, 0.6) is 17.2 Å². The van der Waals surface area contributed by atoms with Gasteiger partial charge < -0.3 is 14.9 Å². The summed E-state index contributed by atoms with van der Waals surface area (Å²) in [6.07, 6.45) is 2.80. The minimum atomic E-state index is 0.0927. The molecule has 1 heterocycles.